The van der Waals surface area contributed by atoms with Gasteiger partial charge < -0.3 is 14.4 Å². The van der Waals surface area contributed by atoms with Gasteiger partial charge in [-0.2, -0.15) is 4.98 Å². The summed E-state index contributed by atoms with van der Waals surface area (Å²) in [7, 11) is 0. The van der Waals surface area contributed by atoms with Crippen molar-refractivity contribution >= 4 is 5.69 Å². The van der Waals surface area contributed by atoms with Gasteiger partial charge in [0.15, 0.2) is 5.82 Å². The SMILES string of the molecule is CCCN(CCC)c1c(C)nc(-c2c(CC)cccc2CC)nc1OCCOC(C)C. The number of nitrogens with zero attached hydrogens (tertiary/aromatic N) is 3. The predicted octanol–water partition coefficient (Wildman–Crippen LogP) is 6.01. The van der Waals surface area contributed by atoms with E-state index in [1.54, 1.807) is 0 Å². The lowest BCUT2D eigenvalue weighted by molar-refractivity contribution is 0.0543. The van der Waals surface area contributed by atoms with Crippen LogP contribution in [0.1, 0.15) is 71.2 Å². The van der Waals surface area contributed by atoms with E-state index in [0.717, 1.165) is 61.5 Å². The van der Waals surface area contributed by atoms with E-state index in [-0.39, 0.29) is 6.10 Å². The van der Waals surface area contributed by atoms with E-state index in [1.807, 2.05) is 13.8 Å². The number of ether oxygens (including phenoxy) is 2. The van der Waals surface area contributed by atoms with Gasteiger partial charge in [0.25, 0.3) is 0 Å². The van der Waals surface area contributed by atoms with Gasteiger partial charge in [-0.1, -0.05) is 45.9 Å². The lowest BCUT2D eigenvalue weighted by atomic mass is 9.97. The van der Waals surface area contributed by atoms with Crippen molar-refractivity contribution in [1.29, 1.82) is 0 Å². The van der Waals surface area contributed by atoms with Gasteiger partial charge in [-0.15, -0.1) is 0 Å². The molecule has 0 fully saturated rings. The van der Waals surface area contributed by atoms with Gasteiger partial charge in [0.05, 0.1) is 18.4 Å². The Morgan fingerprint density at radius 1 is 0.903 bits per heavy atom. The van der Waals surface area contributed by atoms with Crippen LogP contribution in [0, 0.1) is 6.92 Å². The number of rotatable bonds is 13. The van der Waals surface area contributed by atoms with Crippen molar-refractivity contribution in [3.05, 3.63) is 35.0 Å². The Kier molecular flexibility index (Phi) is 10.3. The highest BCUT2D eigenvalue weighted by molar-refractivity contribution is 5.69. The fourth-order valence-corrected chi connectivity index (χ4v) is 3.94. The van der Waals surface area contributed by atoms with Crippen molar-refractivity contribution in [3.8, 4) is 17.3 Å². The molecule has 1 aromatic carbocycles. The fraction of sp³-hybridized carbons (Fsp3) is 0.615. The second-order valence-electron chi connectivity index (χ2n) is 8.20. The standard InChI is InChI=1S/C26H41N3O2/c1-8-15-29(16-9-2)24-20(7)27-25(28-26(24)31-18-17-30-19(5)6)23-21(10-3)13-12-14-22(23)11-4/h12-14,19H,8-11,15-18H2,1-7H3. The van der Waals surface area contributed by atoms with Crippen LogP contribution >= 0.6 is 0 Å². The highest BCUT2D eigenvalue weighted by Gasteiger charge is 2.21. The maximum Gasteiger partial charge on any atom is 0.241 e. The molecule has 0 aliphatic carbocycles. The second-order valence-corrected chi connectivity index (χ2v) is 8.20. The number of hydrogen-bond acceptors (Lipinski definition) is 5. The number of benzene rings is 1. The number of hydrogen-bond donors (Lipinski definition) is 0. The largest absolute Gasteiger partial charge is 0.474 e. The third kappa shape index (κ3) is 6.67. The lowest BCUT2D eigenvalue weighted by Gasteiger charge is -2.27. The molecule has 0 saturated heterocycles. The minimum absolute atomic E-state index is 0.186. The minimum atomic E-state index is 0.186. The second kappa shape index (κ2) is 12.7. The molecule has 0 atom stereocenters. The molecule has 1 aromatic heterocycles. The van der Waals surface area contributed by atoms with Gasteiger partial charge in [0, 0.05) is 18.7 Å². The molecule has 31 heavy (non-hydrogen) atoms. The van der Waals surface area contributed by atoms with Crippen LogP contribution in [0.4, 0.5) is 5.69 Å². The molecule has 0 spiro atoms. The maximum absolute atomic E-state index is 6.23. The number of aryl methyl sites for hydroxylation is 3. The Bertz CT molecular complexity index is 792. The molecule has 0 N–H and O–H groups in total. The fourth-order valence-electron chi connectivity index (χ4n) is 3.94. The predicted molar refractivity (Wildman–Crippen MR) is 130 cm³/mol. The monoisotopic (exact) mass is 427 g/mol. The minimum Gasteiger partial charge on any atom is -0.474 e. The van der Waals surface area contributed by atoms with Crippen LogP contribution in [0.3, 0.4) is 0 Å². The first-order chi connectivity index (χ1) is 15.0. The summed E-state index contributed by atoms with van der Waals surface area (Å²) >= 11 is 0. The summed E-state index contributed by atoms with van der Waals surface area (Å²) in [5, 5.41) is 0. The molecular formula is C26H41N3O2. The summed E-state index contributed by atoms with van der Waals surface area (Å²) in [6.07, 6.45) is 4.21. The molecule has 2 rings (SSSR count). The first-order valence-corrected chi connectivity index (χ1v) is 12.0. The van der Waals surface area contributed by atoms with Crippen molar-refractivity contribution in [1.82, 2.24) is 9.97 Å². The third-order valence-corrected chi connectivity index (χ3v) is 5.33. The van der Waals surface area contributed by atoms with Gasteiger partial charge in [0.1, 0.15) is 12.3 Å². The molecule has 1 heterocycles. The average Bonchev–Trinajstić information content (AvgIpc) is 2.75. The van der Waals surface area contributed by atoms with Crippen molar-refractivity contribution in [2.24, 2.45) is 0 Å². The molecular weight excluding hydrogens is 386 g/mol. The number of anilines is 1. The first kappa shape index (κ1) is 25.1. The van der Waals surface area contributed by atoms with E-state index >= 15 is 0 Å². The summed E-state index contributed by atoms with van der Waals surface area (Å²) in [5.41, 5.74) is 5.70. The molecule has 2 aromatic rings. The van der Waals surface area contributed by atoms with Crippen LogP contribution < -0.4 is 9.64 Å². The average molecular weight is 428 g/mol. The van der Waals surface area contributed by atoms with Crippen LogP contribution in [0.5, 0.6) is 5.88 Å². The Morgan fingerprint density at radius 2 is 1.52 bits per heavy atom. The molecule has 0 amide bonds. The summed E-state index contributed by atoms with van der Waals surface area (Å²) in [4.78, 5) is 12.4. The molecule has 172 valence electrons. The van der Waals surface area contributed by atoms with Crippen LogP contribution in [-0.4, -0.2) is 42.4 Å². The topological polar surface area (TPSA) is 47.5 Å². The van der Waals surface area contributed by atoms with Gasteiger partial charge in [-0.05, 0) is 57.6 Å². The highest BCUT2D eigenvalue weighted by Crippen LogP contribution is 2.34. The van der Waals surface area contributed by atoms with Gasteiger partial charge in [0.2, 0.25) is 5.88 Å². The quantitative estimate of drug-likeness (QED) is 0.367. The van der Waals surface area contributed by atoms with Crippen LogP contribution in [0.15, 0.2) is 18.2 Å². The Labute approximate surface area is 189 Å². The Morgan fingerprint density at radius 3 is 2.03 bits per heavy atom. The molecule has 0 saturated carbocycles. The lowest BCUT2D eigenvalue weighted by Crippen LogP contribution is -2.27. The molecule has 0 radical (unpaired) electrons. The van der Waals surface area contributed by atoms with E-state index in [0.29, 0.717) is 19.1 Å². The molecule has 0 aliphatic rings. The summed E-state index contributed by atoms with van der Waals surface area (Å²) < 4.78 is 11.9. The van der Waals surface area contributed by atoms with E-state index in [1.165, 1.54) is 11.1 Å². The van der Waals surface area contributed by atoms with Crippen LogP contribution in [-0.2, 0) is 17.6 Å². The zero-order chi connectivity index (χ0) is 22.8. The molecule has 5 heteroatoms. The van der Waals surface area contributed by atoms with Crippen molar-refractivity contribution in [2.45, 2.75) is 80.3 Å². The van der Waals surface area contributed by atoms with Crippen LogP contribution in [0.25, 0.3) is 11.4 Å². The molecule has 0 bridgehead atoms. The number of aromatic nitrogens is 2. The molecule has 5 nitrogen and oxygen atoms in total. The van der Waals surface area contributed by atoms with Gasteiger partial charge >= 0.3 is 0 Å². The van der Waals surface area contributed by atoms with Crippen molar-refractivity contribution < 1.29 is 9.47 Å². The summed E-state index contributed by atoms with van der Waals surface area (Å²) in [5.74, 6) is 1.44. The maximum atomic E-state index is 6.23. The third-order valence-electron chi connectivity index (χ3n) is 5.33. The van der Waals surface area contributed by atoms with E-state index < -0.39 is 0 Å². The highest BCUT2D eigenvalue weighted by atomic mass is 16.5. The Balaban J connectivity index is 2.56. The summed E-state index contributed by atoms with van der Waals surface area (Å²) in [6.45, 7) is 17.9. The smallest absolute Gasteiger partial charge is 0.241 e. The van der Waals surface area contributed by atoms with Crippen molar-refractivity contribution in [2.75, 3.05) is 31.2 Å². The Hall–Kier alpha value is -2.14. The first-order valence-electron chi connectivity index (χ1n) is 12.0. The normalized spacial score (nSPS) is 11.2. The zero-order valence-electron chi connectivity index (χ0n) is 20.6. The van der Waals surface area contributed by atoms with E-state index in [2.05, 4.69) is 57.7 Å². The van der Waals surface area contributed by atoms with E-state index in [9.17, 15) is 0 Å². The van der Waals surface area contributed by atoms with Crippen molar-refractivity contribution in [3.63, 3.8) is 0 Å². The summed E-state index contributed by atoms with van der Waals surface area (Å²) in [6, 6.07) is 6.49. The zero-order valence-corrected chi connectivity index (χ0v) is 20.6. The van der Waals surface area contributed by atoms with Gasteiger partial charge in [-0.3, -0.25) is 0 Å². The van der Waals surface area contributed by atoms with E-state index in [4.69, 9.17) is 19.4 Å². The molecule has 0 unspecified atom stereocenters. The van der Waals surface area contributed by atoms with Gasteiger partial charge in [-0.25, -0.2) is 4.98 Å². The van der Waals surface area contributed by atoms with Crippen LogP contribution in [0.2, 0.25) is 0 Å². The molecule has 0 aliphatic heterocycles.